The van der Waals surface area contributed by atoms with Crippen molar-refractivity contribution in [3.05, 3.63) is 95.3 Å². The molecule has 0 aliphatic heterocycles. The van der Waals surface area contributed by atoms with Gasteiger partial charge in [-0.05, 0) is 67.1 Å². The van der Waals surface area contributed by atoms with Crippen molar-refractivity contribution in [1.29, 1.82) is 0 Å². The molecule has 6 nitrogen and oxygen atoms in total. The maximum absolute atomic E-state index is 13.0. The smallest absolute Gasteiger partial charge is 0.255 e. The third-order valence-corrected chi connectivity index (χ3v) is 4.99. The minimum Gasteiger partial charge on any atom is -0.497 e. The van der Waals surface area contributed by atoms with Gasteiger partial charge in [-0.3, -0.25) is 9.59 Å². The molecule has 2 N–H and O–H groups in total. The van der Waals surface area contributed by atoms with E-state index in [2.05, 4.69) is 10.6 Å². The predicted molar refractivity (Wildman–Crippen MR) is 126 cm³/mol. The van der Waals surface area contributed by atoms with Gasteiger partial charge in [0.1, 0.15) is 17.3 Å². The van der Waals surface area contributed by atoms with Crippen LogP contribution in [0, 0.1) is 5.82 Å². The molecule has 1 unspecified atom stereocenters. The van der Waals surface area contributed by atoms with Crippen LogP contribution in [-0.4, -0.2) is 26.0 Å². The Bertz CT molecular complexity index is 1140. The molecule has 2 amide bonds. The average Bonchev–Trinajstić information content (AvgIpc) is 2.83. The molecule has 0 saturated heterocycles. The Morgan fingerprint density at radius 1 is 0.939 bits per heavy atom. The highest BCUT2D eigenvalue weighted by molar-refractivity contribution is 6.04. The summed E-state index contributed by atoms with van der Waals surface area (Å²) in [7, 11) is 3.13. The van der Waals surface area contributed by atoms with Crippen molar-refractivity contribution in [2.45, 2.75) is 13.0 Å². The number of ether oxygens (including phenoxy) is 2. The molecule has 3 aromatic carbocycles. The number of carbonyl (C=O) groups is 2. The lowest BCUT2D eigenvalue weighted by Gasteiger charge is -2.14. The lowest BCUT2D eigenvalue weighted by Crippen LogP contribution is -2.24. The zero-order chi connectivity index (χ0) is 23.8. The number of anilines is 1. The van der Waals surface area contributed by atoms with Crippen molar-refractivity contribution in [3.8, 4) is 11.5 Å². The molecular formula is C26H25FN2O4. The standard InChI is InChI=1S/C26H25FN2O4/c1-17(28-25(30)15-9-19-8-14-23(32-2)16-24(19)33-3)18-6-12-22(13-7-18)29-26(31)20-4-10-21(27)11-5-20/h4-17H,1-3H3,(H,28,30)(H,29,31). The Balaban J connectivity index is 1.58. The molecule has 0 aliphatic carbocycles. The molecular weight excluding hydrogens is 423 g/mol. The summed E-state index contributed by atoms with van der Waals surface area (Å²) in [6, 6.07) is 17.6. The molecule has 3 rings (SSSR count). The van der Waals surface area contributed by atoms with Crippen molar-refractivity contribution in [1.82, 2.24) is 5.32 Å². The number of halogens is 1. The van der Waals surface area contributed by atoms with Gasteiger partial charge in [0.25, 0.3) is 5.91 Å². The van der Waals surface area contributed by atoms with E-state index in [1.807, 2.05) is 25.1 Å². The van der Waals surface area contributed by atoms with Crippen LogP contribution < -0.4 is 20.1 Å². The van der Waals surface area contributed by atoms with E-state index in [1.54, 1.807) is 44.6 Å². The van der Waals surface area contributed by atoms with Gasteiger partial charge in [0.2, 0.25) is 5.91 Å². The number of hydrogen-bond acceptors (Lipinski definition) is 4. The third-order valence-electron chi connectivity index (χ3n) is 4.99. The number of hydrogen-bond donors (Lipinski definition) is 2. The zero-order valence-electron chi connectivity index (χ0n) is 18.6. The van der Waals surface area contributed by atoms with Crippen LogP contribution >= 0.6 is 0 Å². The lowest BCUT2D eigenvalue weighted by atomic mass is 10.1. The Hall–Kier alpha value is -4.13. The van der Waals surface area contributed by atoms with Crippen molar-refractivity contribution in [3.63, 3.8) is 0 Å². The Labute approximate surface area is 192 Å². The van der Waals surface area contributed by atoms with E-state index in [9.17, 15) is 14.0 Å². The first-order valence-corrected chi connectivity index (χ1v) is 10.3. The van der Waals surface area contributed by atoms with Gasteiger partial charge in [-0.2, -0.15) is 0 Å². The summed E-state index contributed by atoms with van der Waals surface area (Å²) in [5.74, 6) is 0.284. The van der Waals surface area contributed by atoms with E-state index in [4.69, 9.17) is 9.47 Å². The third kappa shape index (κ3) is 6.43. The van der Waals surface area contributed by atoms with Gasteiger partial charge in [-0.1, -0.05) is 12.1 Å². The van der Waals surface area contributed by atoms with Gasteiger partial charge in [-0.25, -0.2) is 4.39 Å². The van der Waals surface area contributed by atoms with Gasteiger partial charge in [0.05, 0.1) is 20.3 Å². The maximum Gasteiger partial charge on any atom is 0.255 e. The molecule has 33 heavy (non-hydrogen) atoms. The average molecular weight is 448 g/mol. The quantitative estimate of drug-likeness (QED) is 0.476. The largest absolute Gasteiger partial charge is 0.497 e. The summed E-state index contributed by atoms with van der Waals surface area (Å²) in [6.07, 6.45) is 3.12. The van der Waals surface area contributed by atoms with E-state index in [1.165, 1.54) is 30.3 Å². The van der Waals surface area contributed by atoms with Crippen molar-refractivity contribution in [2.24, 2.45) is 0 Å². The molecule has 0 saturated carbocycles. The molecule has 170 valence electrons. The number of benzene rings is 3. The van der Waals surface area contributed by atoms with Gasteiger partial charge >= 0.3 is 0 Å². The highest BCUT2D eigenvalue weighted by Gasteiger charge is 2.10. The van der Waals surface area contributed by atoms with Crippen LogP contribution in [0.15, 0.2) is 72.8 Å². The Morgan fingerprint density at radius 2 is 1.64 bits per heavy atom. The van der Waals surface area contributed by atoms with E-state index in [-0.39, 0.29) is 17.9 Å². The first kappa shape index (κ1) is 23.5. The van der Waals surface area contributed by atoms with E-state index in [0.717, 1.165) is 11.1 Å². The lowest BCUT2D eigenvalue weighted by molar-refractivity contribution is -0.117. The molecule has 0 spiro atoms. The summed E-state index contributed by atoms with van der Waals surface area (Å²) in [6.45, 7) is 1.87. The number of carbonyl (C=O) groups excluding carboxylic acids is 2. The van der Waals surface area contributed by atoms with Crippen LogP contribution in [0.3, 0.4) is 0 Å². The van der Waals surface area contributed by atoms with Crippen LogP contribution in [-0.2, 0) is 4.79 Å². The molecule has 0 aromatic heterocycles. The summed E-state index contributed by atoms with van der Waals surface area (Å²) in [5.41, 5.74) is 2.58. The molecule has 0 fully saturated rings. The topological polar surface area (TPSA) is 76.7 Å². The van der Waals surface area contributed by atoms with Crippen LogP contribution in [0.5, 0.6) is 11.5 Å². The molecule has 3 aromatic rings. The van der Waals surface area contributed by atoms with E-state index >= 15 is 0 Å². The summed E-state index contributed by atoms with van der Waals surface area (Å²) >= 11 is 0. The minimum absolute atomic E-state index is 0.248. The first-order chi connectivity index (χ1) is 15.9. The van der Waals surface area contributed by atoms with E-state index in [0.29, 0.717) is 22.7 Å². The monoisotopic (exact) mass is 448 g/mol. The molecule has 0 aliphatic rings. The van der Waals surface area contributed by atoms with Gasteiger partial charge in [0, 0.05) is 29.0 Å². The predicted octanol–water partition coefficient (Wildman–Crippen LogP) is 4.99. The maximum atomic E-state index is 13.0. The number of amides is 2. The molecule has 1 atom stereocenters. The van der Waals surface area contributed by atoms with Crippen molar-refractivity contribution >= 4 is 23.6 Å². The fourth-order valence-corrected chi connectivity index (χ4v) is 3.13. The van der Waals surface area contributed by atoms with Crippen LogP contribution in [0.4, 0.5) is 10.1 Å². The highest BCUT2D eigenvalue weighted by Crippen LogP contribution is 2.25. The van der Waals surface area contributed by atoms with Gasteiger partial charge in [-0.15, -0.1) is 0 Å². The molecule has 0 bridgehead atoms. The fraction of sp³-hybridized carbons (Fsp3) is 0.154. The second kappa shape index (κ2) is 10.9. The van der Waals surface area contributed by atoms with Gasteiger partial charge in [0.15, 0.2) is 0 Å². The van der Waals surface area contributed by atoms with E-state index < -0.39 is 5.82 Å². The molecule has 7 heteroatoms. The van der Waals surface area contributed by atoms with Crippen LogP contribution in [0.1, 0.15) is 34.5 Å². The van der Waals surface area contributed by atoms with Gasteiger partial charge < -0.3 is 20.1 Å². The number of nitrogens with one attached hydrogen (secondary N) is 2. The summed E-state index contributed by atoms with van der Waals surface area (Å²) in [4.78, 5) is 24.6. The van der Waals surface area contributed by atoms with Crippen LogP contribution in [0.25, 0.3) is 6.08 Å². The SMILES string of the molecule is COc1ccc(C=CC(=O)NC(C)c2ccc(NC(=O)c3ccc(F)cc3)cc2)c(OC)c1. The summed E-state index contributed by atoms with van der Waals surface area (Å²) in [5, 5.41) is 5.67. The normalized spacial score (nSPS) is 11.6. The van der Waals surface area contributed by atoms with Crippen molar-refractivity contribution < 1.29 is 23.5 Å². The fourth-order valence-electron chi connectivity index (χ4n) is 3.13. The second-order valence-corrected chi connectivity index (χ2v) is 7.25. The summed E-state index contributed by atoms with van der Waals surface area (Å²) < 4.78 is 23.5. The Morgan fingerprint density at radius 3 is 2.27 bits per heavy atom. The molecule has 0 heterocycles. The van der Waals surface area contributed by atoms with Crippen molar-refractivity contribution in [2.75, 3.05) is 19.5 Å². The number of methoxy groups -OCH3 is 2. The Kier molecular flexibility index (Phi) is 7.81. The number of rotatable bonds is 8. The molecule has 0 radical (unpaired) electrons. The zero-order valence-corrected chi connectivity index (χ0v) is 18.6. The van der Waals surface area contributed by atoms with Crippen LogP contribution in [0.2, 0.25) is 0 Å². The second-order valence-electron chi connectivity index (χ2n) is 7.25. The highest BCUT2D eigenvalue weighted by atomic mass is 19.1. The first-order valence-electron chi connectivity index (χ1n) is 10.3. The minimum atomic E-state index is -0.398.